The van der Waals surface area contributed by atoms with Crippen LogP contribution in [-0.2, 0) is 9.47 Å². The number of fused-ring (bicyclic) bond motifs is 1. The molecular formula is C8H11F3N2O4. The molecule has 0 unspecified atom stereocenters. The number of halogens is 3. The Morgan fingerprint density at radius 2 is 2.06 bits per heavy atom. The topological polar surface area (TPSA) is 97.3 Å². The van der Waals surface area contributed by atoms with Crippen LogP contribution in [0.5, 0.6) is 0 Å². The van der Waals surface area contributed by atoms with Crippen molar-refractivity contribution in [1.29, 1.82) is 0 Å². The van der Waals surface area contributed by atoms with Gasteiger partial charge in [0.2, 0.25) is 6.29 Å². The molecule has 9 heteroatoms. The van der Waals surface area contributed by atoms with Gasteiger partial charge in [-0.15, -0.1) is 0 Å². The van der Waals surface area contributed by atoms with E-state index in [4.69, 9.17) is 15.6 Å². The van der Waals surface area contributed by atoms with E-state index in [1.807, 2.05) is 0 Å². The minimum absolute atomic E-state index is 0.567. The van der Waals surface area contributed by atoms with Crippen LogP contribution in [0.1, 0.15) is 0 Å². The lowest BCUT2D eigenvalue weighted by Crippen LogP contribution is -2.60. The standard InChI is InChI=1S/C8H11F3N2O4/c9-8(10,11)7-13-4-3(12)5(15)2(1-14)16-6(4)17-7/h2-6,14-15H,1,12H2/t2-,3-,4-,5+,6-/m1/s1. The van der Waals surface area contributed by atoms with Gasteiger partial charge in [0, 0.05) is 0 Å². The van der Waals surface area contributed by atoms with Gasteiger partial charge in [0.1, 0.15) is 12.1 Å². The van der Waals surface area contributed by atoms with Gasteiger partial charge in [-0.1, -0.05) is 0 Å². The number of ether oxygens (including phenoxy) is 2. The summed E-state index contributed by atoms with van der Waals surface area (Å²) in [6, 6.07) is -2.20. The van der Waals surface area contributed by atoms with Crippen molar-refractivity contribution in [1.82, 2.24) is 0 Å². The van der Waals surface area contributed by atoms with Crippen LogP contribution in [0.25, 0.3) is 0 Å². The summed E-state index contributed by atoms with van der Waals surface area (Å²) in [5.74, 6) is -1.42. The van der Waals surface area contributed by atoms with Gasteiger partial charge in [0.25, 0.3) is 5.90 Å². The van der Waals surface area contributed by atoms with Crippen LogP contribution < -0.4 is 5.73 Å². The summed E-state index contributed by atoms with van der Waals surface area (Å²) in [4.78, 5) is 3.26. The third-order valence-corrected chi connectivity index (χ3v) is 2.67. The SMILES string of the molecule is N[C@H]1[C@@H](O)[C@@H](CO)O[C@@H]2OC(C(F)(F)F)=N[C@@H]21. The van der Waals surface area contributed by atoms with Crippen molar-refractivity contribution in [3.05, 3.63) is 0 Å². The van der Waals surface area contributed by atoms with Gasteiger partial charge in [-0.05, 0) is 0 Å². The number of hydrogen-bond acceptors (Lipinski definition) is 6. The van der Waals surface area contributed by atoms with Crippen molar-refractivity contribution in [3.63, 3.8) is 0 Å². The molecule has 2 aliphatic rings. The van der Waals surface area contributed by atoms with Crippen molar-refractivity contribution < 1.29 is 32.9 Å². The normalized spacial score (nSPS) is 41.8. The Morgan fingerprint density at radius 1 is 1.41 bits per heavy atom. The van der Waals surface area contributed by atoms with E-state index < -0.39 is 49.3 Å². The molecular weight excluding hydrogens is 245 g/mol. The first-order valence-electron chi connectivity index (χ1n) is 4.86. The molecule has 0 saturated carbocycles. The van der Waals surface area contributed by atoms with Gasteiger partial charge in [-0.2, -0.15) is 13.2 Å². The highest BCUT2D eigenvalue weighted by atomic mass is 19.4. The van der Waals surface area contributed by atoms with E-state index in [0.29, 0.717) is 0 Å². The highest BCUT2D eigenvalue weighted by Gasteiger charge is 2.53. The molecule has 17 heavy (non-hydrogen) atoms. The molecule has 4 N–H and O–H groups in total. The number of nitrogens with zero attached hydrogens (tertiary/aromatic N) is 1. The molecule has 2 aliphatic heterocycles. The summed E-state index contributed by atoms with van der Waals surface area (Å²) >= 11 is 0. The van der Waals surface area contributed by atoms with E-state index in [0.717, 1.165) is 0 Å². The minimum atomic E-state index is -4.72. The highest BCUT2D eigenvalue weighted by Crippen LogP contribution is 2.32. The molecule has 1 fully saturated rings. The van der Waals surface area contributed by atoms with E-state index in [9.17, 15) is 18.3 Å². The lowest BCUT2D eigenvalue weighted by Gasteiger charge is -2.37. The molecule has 98 valence electrons. The molecule has 0 radical (unpaired) electrons. The Hall–Kier alpha value is -0.900. The average Bonchev–Trinajstić information content (AvgIpc) is 2.67. The molecule has 0 spiro atoms. The zero-order valence-corrected chi connectivity index (χ0v) is 8.46. The number of aliphatic hydroxyl groups excluding tert-OH is 2. The van der Waals surface area contributed by atoms with Crippen molar-refractivity contribution in [2.45, 2.75) is 36.8 Å². The fourth-order valence-electron chi connectivity index (χ4n) is 1.78. The van der Waals surface area contributed by atoms with Gasteiger partial charge < -0.3 is 25.4 Å². The molecule has 0 aromatic heterocycles. The van der Waals surface area contributed by atoms with Gasteiger partial charge in [-0.25, -0.2) is 4.99 Å². The monoisotopic (exact) mass is 256 g/mol. The van der Waals surface area contributed by atoms with Crippen LogP contribution in [0.15, 0.2) is 4.99 Å². The Labute approximate surface area is 93.8 Å². The zero-order valence-electron chi connectivity index (χ0n) is 8.46. The third kappa shape index (κ3) is 2.10. The van der Waals surface area contributed by atoms with Gasteiger partial charge in [0.05, 0.1) is 18.8 Å². The number of alkyl halides is 3. The van der Waals surface area contributed by atoms with Crippen LogP contribution in [0, 0.1) is 0 Å². The van der Waals surface area contributed by atoms with Gasteiger partial charge in [-0.3, -0.25) is 0 Å². The fourth-order valence-corrected chi connectivity index (χ4v) is 1.78. The largest absolute Gasteiger partial charge is 0.468 e. The molecule has 0 aliphatic carbocycles. The first-order valence-corrected chi connectivity index (χ1v) is 4.86. The van der Waals surface area contributed by atoms with Crippen LogP contribution in [0.4, 0.5) is 13.2 Å². The predicted molar refractivity (Wildman–Crippen MR) is 48.1 cm³/mol. The maximum atomic E-state index is 12.3. The molecule has 2 heterocycles. The van der Waals surface area contributed by atoms with E-state index in [-0.39, 0.29) is 0 Å². The molecule has 0 aromatic rings. The smallest absolute Gasteiger partial charge is 0.442 e. The van der Waals surface area contributed by atoms with Crippen LogP contribution >= 0.6 is 0 Å². The zero-order chi connectivity index (χ0) is 12.8. The molecule has 1 saturated heterocycles. The average molecular weight is 256 g/mol. The van der Waals surface area contributed by atoms with Gasteiger partial charge in [0.15, 0.2) is 0 Å². The van der Waals surface area contributed by atoms with Crippen molar-refractivity contribution in [2.75, 3.05) is 6.61 Å². The van der Waals surface area contributed by atoms with E-state index in [2.05, 4.69) is 9.73 Å². The summed E-state index contributed by atoms with van der Waals surface area (Å²) in [5.41, 5.74) is 5.54. The van der Waals surface area contributed by atoms with Crippen LogP contribution in [0.2, 0.25) is 0 Å². The number of hydrogen-bond donors (Lipinski definition) is 3. The lowest BCUT2D eigenvalue weighted by atomic mass is 9.96. The maximum Gasteiger partial charge on any atom is 0.468 e. The second-order valence-corrected chi connectivity index (χ2v) is 3.83. The van der Waals surface area contributed by atoms with E-state index in [1.54, 1.807) is 0 Å². The summed E-state index contributed by atoms with van der Waals surface area (Å²) in [6.07, 6.45) is -8.41. The summed E-state index contributed by atoms with van der Waals surface area (Å²) in [5, 5.41) is 18.4. The Kier molecular flexibility index (Phi) is 3.02. The van der Waals surface area contributed by atoms with E-state index >= 15 is 0 Å². The first-order chi connectivity index (χ1) is 7.84. The summed E-state index contributed by atoms with van der Waals surface area (Å²) < 4.78 is 46.5. The highest BCUT2D eigenvalue weighted by molar-refractivity contribution is 5.83. The second kappa shape index (κ2) is 4.09. The summed E-state index contributed by atoms with van der Waals surface area (Å²) in [7, 11) is 0. The number of aliphatic imine (C=N–C) groups is 1. The molecule has 0 amide bonds. The lowest BCUT2D eigenvalue weighted by molar-refractivity contribution is -0.212. The maximum absolute atomic E-state index is 12.3. The Balaban J connectivity index is 2.18. The van der Waals surface area contributed by atoms with E-state index in [1.165, 1.54) is 0 Å². The predicted octanol–water partition coefficient (Wildman–Crippen LogP) is -1.25. The van der Waals surface area contributed by atoms with Crippen molar-refractivity contribution >= 4 is 5.90 Å². The summed E-state index contributed by atoms with van der Waals surface area (Å²) in [6.45, 7) is -0.567. The number of aliphatic hydroxyl groups is 2. The second-order valence-electron chi connectivity index (χ2n) is 3.83. The van der Waals surface area contributed by atoms with Crippen molar-refractivity contribution in [2.24, 2.45) is 10.7 Å². The number of nitrogens with two attached hydrogens (primary N) is 1. The Morgan fingerprint density at radius 3 is 2.59 bits per heavy atom. The number of rotatable bonds is 1. The van der Waals surface area contributed by atoms with Crippen LogP contribution in [-0.4, -0.2) is 59.5 Å². The molecule has 0 bridgehead atoms. The molecule has 2 rings (SSSR count). The minimum Gasteiger partial charge on any atom is -0.442 e. The fraction of sp³-hybridized carbons (Fsp3) is 0.875. The third-order valence-electron chi connectivity index (χ3n) is 2.67. The van der Waals surface area contributed by atoms with Crippen molar-refractivity contribution in [3.8, 4) is 0 Å². The Bertz CT molecular complexity index is 335. The first kappa shape index (κ1) is 12.6. The molecule has 6 nitrogen and oxygen atoms in total. The van der Waals surface area contributed by atoms with Crippen LogP contribution in [0.3, 0.4) is 0 Å². The quantitative estimate of drug-likeness (QED) is 0.544. The molecule has 0 aromatic carbocycles. The van der Waals surface area contributed by atoms with Gasteiger partial charge >= 0.3 is 6.18 Å². The molecule has 5 atom stereocenters.